The summed E-state index contributed by atoms with van der Waals surface area (Å²) in [7, 11) is 0. The maximum atomic E-state index is 5.63. The Morgan fingerprint density at radius 3 is 2.39 bits per heavy atom. The van der Waals surface area contributed by atoms with Crippen LogP contribution in [-0.4, -0.2) is 16.2 Å². The third-order valence-corrected chi connectivity index (χ3v) is 4.10. The van der Waals surface area contributed by atoms with Crippen LogP contribution >= 0.6 is 11.8 Å². The lowest BCUT2D eigenvalue weighted by molar-refractivity contribution is 1.14. The number of nitrogens with one attached hydrogen (secondary N) is 2. The molecule has 0 amide bonds. The van der Waals surface area contributed by atoms with E-state index in [0.717, 1.165) is 16.8 Å². The second-order valence-corrected chi connectivity index (χ2v) is 5.70. The Balaban J connectivity index is 1.90. The molecular formula is C17H17N5S. The summed E-state index contributed by atoms with van der Waals surface area (Å²) < 4.78 is 0. The molecule has 0 saturated carbocycles. The highest BCUT2D eigenvalue weighted by molar-refractivity contribution is 7.98. The summed E-state index contributed by atoms with van der Waals surface area (Å²) in [5.41, 5.74) is 5.45. The molecule has 3 rings (SSSR count). The molecule has 3 aromatic rings. The van der Waals surface area contributed by atoms with Gasteiger partial charge in [-0.05, 0) is 36.1 Å². The van der Waals surface area contributed by atoms with Gasteiger partial charge in [0.1, 0.15) is 0 Å². The van der Waals surface area contributed by atoms with Crippen LogP contribution in [-0.2, 0) is 0 Å². The van der Waals surface area contributed by atoms with Crippen molar-refractivity contribution in [2.75, 3.05) is 17.0 Å². The lowest BCUT2D eigenvalue weighted by Crippen LogP contribution is -2.11. The quantitative estimate of drug-likeness (QED) is 0.376. The van der Waals surface area contributed by atoms with Crippen LogP contribution < -0.4 is 16.6 Å². The molecule has 1 aromatic heterocycles. The molecule has 5 nitrogen and oxygen atoms in total. The minimum absolute atomic E-state index is 0.494. The molecule has 0 aliphatic carbocycles. The topological polar surface area (TPSA) is 75.9 Å². The average Bonchev–Trinajstić information content (AvgIpc) is 2.62. The lowest BCUT2D eigenvalue weighted by Gasteiger charge is -2.11. The minimum atomic E-state index is 0.494. The Kier molecular flexibility index (Phi) is 4.75. The third kappa shape index (κ3) is 3.61. The first-order chi connectivity index (χ1) is 11.3. The number of hydrogen-bond donors (Lipinski definition) is 3. The van der Waals surface area contributed by atoms with Crippen molar-refractivity contribution in [3.63, 3.8) is 0 Å². The highest BCUT2D eigenvalue weighted by atomic mass is 32.2. The van der Waals surface area contributed by atoms with Crippen molar-refractivity contribution in [2.45, 2.75) is 4.90 Å². The summed E-state index contributed by atoms with van der Waals surface area (Å²) in [4.78, 5) is 10.0. The minimum Gasteiger partial charge on any atom is -0.324 e. The van der Waals surface area contributed by atoms with E-state index in [1.807, 2.05) is 42.5 Å². The van der Waals surface area contributed by atoms with Crippen LogP contribution in [0.2, 0.25) is 0 Å². The number of para-hydroxylation sites is 1. The van der Waals surface area contributed by atoms with Crippen LogP contribution in [0.3, 0.4) is 0 Å². The van der Waals surface area contributed by atoms with Gasteiger partial charge in [-0.1, -0.05) is 30.3 Å². The van der Waals surface area contributed by atoms with E-state index in [1.165, 1.54) is 4.90 Å². The van der Waals surface area contributed by atoms with E-state index in [0.29, 0.717) is 11.8 Å². The molecule has 6 heteroatoms. The summed E-state index contributed by atoms with van der Waals surface area (Å²) in [5, 5.41) is 3.15. The molecule has 0 spiro atoms. The number of thioether (sulfide) groups is 1. The van der Waals surface area contributed by atoms with Crippen LogP contribution in [0, 0.1) is 0 Å². The van der Waals surface area contributed by atoms with Gasteiger partial charge < -0.3 is 10.7 Å². The summed E-state index contributed by atoms with van der Waals surface area (Å²) in [6, 6.07) is 18.0. The standard InChI is InChI=1S/C17H17N5S/c1-23-14-9-7-12(8-10-14)15-11-19-17(21-16(15)22-18)20-13-5-3-2-4-6-13/h2-11H,18H2,1H3,(H2,19,20,21,22). The van der Waals surface area contributed by atoms with Crippen molar-refractivity contribution in [1.82, 2.24) is 9.97 Å². The van der Waals surface area contributed by atoms with Crippen LogP contribution in [0.4, 0.5) is 17.5 Å². The Labute approximate surface area is 139 Å². The largest absolute Gasteiger partial charge is 0.324 e. The average molecular weight is 323 g/mol. The number of hydrazine groups is 1. The van der Waals surface area contributed by atoms with Crippen molar-refractivity contribution in [1.29, 1.82) is 0 Å². The van der Waals surface area contributed by atoms with Gasteiger partial charge in [0.15, 0.2) is 5.82 Å². The lowest BCUT2D eigenvalue weighted by atomic mass is 10.1. The van der Waals surface area contributed by atoms with Crippen LogP contribution in [0.1, 0.15) is 0 Å². The molecule has 0 aliphatic rings. The van der Waals surface area contributed by atoms with E-state index in [1.54, 1.807) is 18.0 Å². The van der Waals surface area contributed by atoms with Gasteiger partial charge >= 0.3 is 0 Å². The molecular weight excluding hydrogens is 306 g/mol. The summed E-state index contributed by atoms with van der Waals surface area (Å²) in [6.07, 6.45) is 3.82. The maximum Gasteiger partial charge on any atom is 0.229 e. The van der Waals surface area contributed by atoms with Crippen molar-refractivity contribution < 1.29 is 0 Å². The number of nitrogens with zero attached hydrogens (tertiary/aromatic N) is 2. The van der Waals surface area contributed by atoms with Crippen molar-refractivity contribution in [2.24, 2.45) is 5.84 Å². The van der Waals surface area contributed by atoms with Gasteiger partial charge in [0.25, 0.3) is 0 Å². The van der Waals surface area contributed by atoms with Crippen LogP contribution in [0.25, 0.3) is 11.1 Å². The second kappa shape index (κ2) is 7.13. The Hall–Kier alpha value is -2.57. The molecule has 0 aliphatic heterocycles. The fraction of sp³-hybridized carbons (Fsp3) is 0.0588. The Morgan fingerprint density at radius 1 is 1.00 bits per heavy atom. The van der Waals surface area contributed by atoms with Crippen molar-refractivity contribution in [3.05, 3.63) is 60.8 Å². The molecule has 23 heavy (non-hydrogen) atoms. The molecule has 0 saturated heterocycles. The Bertz CT molecular complexity index is 775. The third-order valence-electron chi connectivity index (χ3n) is 3.36. The van der Waals surface area contributed by atoms with Crippen LogP contribution in [0.5, 0.6) is 0 Å². The normalized spacial score (nSPS) is 10.3. The van der Waals surface area contributed by atoms with Gasteiger partial charge in [-0.25, -0.2) is 10.8 Å². The van der Waals surface area contributed by atoms with Crippen LogP contribution in [0.15, 0.2) is 65.7 Å². The first-order valence-corrected chi connectivity index (χ1v) is 8.33. The van der Waals surface area contributed by atoms with E-state index in [-0.39, 0.29) is 0 Å². The highest BCUT2D eigenvalue weighted by Crippen LogP contribution is 2.28. The highest BCUT2D eigenvalue weighted by Gasteiger charge is 2.09. The maximum absolute atomic E-state index is 5.63. The zero-order valence-electron chi connectivity index (χ0n) is 12.7. The van der Waals surface area contributed by atoms with Gasteiger partial charge in [-0.2, -0.15) is 4.98 Å². The van der Waals surface area contributed by atoms with Gasteiger partial charge in [0.2, 0.25) is 5.95 Å². The smallest absolute Gasteiger partial charge is 0.229 e. The SMILES string of the molecule is CSc1ccc(-c2cnc(Nc3ccccc3)nc2NN)cc1. The summed E-state index contributed by atoms with van der Waals surface area (Å²) in [5.74, 6) is 6.71. The molecule has 2 aromatic carbocycles. The molecule has 0 bridgehead atoms. The van der Waals surface area contributed by atoms with E-state index in [9.17, 15) is 0 Å². The van der Waals surface area contributed by atoms with E-state index >= 15 is 0 Å². The molecule has 0 unspecified atom stereocenters. The number of rotatable bonds is 5. The summed E-state index contributed by atoms with van der Waals surface area (Å²) in [6.45, 7) is 0. The number of nitrogen functional groups attached to an aromatic ring is 1. The van der Waals surface area contributed by atoms with Crippen molar-refractivity contribution >= 4 is 29.2 Å². The molecule has 0 atom stereocenters. The summed E-state index contributed by atoms with van der Waals surface area (Å²) >= 11 is 1.70. The van der Waals surface area contributed by atoms with Crippen molar-refractivity contribution in [3.8, 4) is 11.1 Å². The molecule has 116 valence electrons. The molecule has 0 fully saturated rings. The molecule has 1 heterocycles. The number of anilines is 3. The number of benzene rings is 2. The van der Waals surface area contributed by atoms with E-state index in [4.69, 9.17) is 5.84 Å². The van der Waals surface area contributed by atoms with E-state index in [2.05, 4.69) is 39.1 Å². The molecule has 4 N–H and O–H groups in total. The van der Waals surface area contributed by atoms with E-state index < -0.39 is 0 Å². The van der Waals surface area contributed by atoms with Gasteiger partial charge in [-0.3, -0.25) is 0 Å². The number of nitrogens with two attached hydrogens (primary N) is 1. The fourth-order valence-corrected chi connectivity index (χ4v) is 2.59. The Morgan fingerprint density at radius 2 is 1.74 bits per heavy atom. The second-order valence-electron chi connectivity index (χ2n) is 4.82. The first-order valence-electron chi connectivity index (χ1n) is 7.10. The fourth-order valence-electron chi connectivity index (χ4n) is 2.18. The first kappa shape index (κ1) is 15.3. The zero-order chi connectivity index (χ0) is 16.1. The zero-order valence-corrected chi connectivity index (χ0v) is 13.5. The van der Waals surface area contributed by atoms with Gasteiger partial charge in [0.05, 0.1) is 0 Å². The number of aromatic nitrogens is 2. The van der Waals surface area contributed by atoms with Gasteiger partial charge in [0, 0.05) is 22.3 Å². The monoisotopic (exact) mass is 323 g/mol. The molecule has 0 radical (unpaired) electrons. The number of hydrogen-bond acceptors (Lipinski definition) is 6. The predicted molar refractivity (Wildman–Crippen MR) is 96.8 cm³/mol. The van der Waals surface area contributed by atoms with Gasteiger partial charge in [-0.15, -0.1) is 11.8 Å². The predicted octanol–water partition coefficient (Wildman–Crippen LogP) is 3.89.